The number of amides is 2. The van der Waals surface area contributed by atoms with E-state index >= 15 is 0 Å². The molecule has 0 unspecified atom stereocenters. The number of benzene rings is 2. The fourth-order valence-corrected chi connectivity index (χ4v) is 6.88. The standard InChI is InChI=1S/C30H32N4OS/c1-4-32-17-15-24-25-18-34(30(35)31-23-13-9-21(3)10-14-23)28(22-11-7-20(2)8-12-22)26-6-5-16-33(26)29(25)36-27(24)19-32/h5-14,16,28H,4,15,17-19H2,1-3H3,(H,31,35)/t28-/m0/s1. The summed E-state index contributed by atoms with van der Waals surface area (Å²) >= 11 is 1.90. The molecule has 0 fully saturated rings. The van der Waals surface area contributed by atoms with Gasteiger partial charge in [0.2, 0.25) is 0 Å². The van der Waals surface area contributed by atoms with Crippen LogP contribution >= 0.6 is 11.3 Å². The van der Waals surface area contributed by atoms with Crippen molar-refractivity contribution in [3.8, 4) is 5.00 Å². The second kappa shape index (κ2) is 9.26. The van der Waals surface area contributed by atoms with Crippen LogP contribution in [0.25, 0.3) is 5.00 Å². The highest BCUT2D eigenvalue weighted by molar-refractivity contribution is 7.15. The van der Waals surface area contributed by atoms with E-state index in [0.717, 1.165) is 43.0 Å². The van der Waals surface area contributed by atoms with Gasteiger partial charge in [-0.05, 0) is 62.2 Å². The quantitative estimate of drug-likeness (QED) is 0.344. The molecule has 5 nitrogen and oxygen atoms in total. The van der Waals surface area contributed by atoms with Gasteiger partial charge in [-0.2, -0.15) is 0 Å². The minimum atomic E-state index is -0.183. The Morgan fingerprint density at radius 2 is 1.69 bits per heavy atom. The molecule has 36 heavy (non-hydrogen) atoms. The maximum absolute atomic E-state index is 14.0. The van der Waals surface area contributed by atoms with Crippen LogP contribution in [0.15, 0.2) is 66.9 Å². The summed E-state index contributed by atoms with van der Waals surface area (Å²) in [6.45, 7) is 10.1. The second-order valence-electron chi connectivity index (χ2n) is 9.95. The fourth-order valence-electron chi connectivity index (χ4n) is 5.48. The lowest BCUT2D eigenvalue weighted by Gasteiger charge is -2.32. The van der Waals surface area contributed by atoms with Crippen molar-refractivity contribution in [2.24, 2.45) is 0 Å². The maximum atomic E-state index is 14.0. The molecule has 4 heterocycles. The van der Waals surface area contributed by atoms with Gasteiger partial charge in [-0.25, -0.2) is 4.79 Å². The minimum absolute atomic E-state index is 0.0732. The molecule has 0 radical (unpaired) electrons. The average Bonchev–Trinajstić information content (AvgIpc) is 3.47. The Labute approximate surface area is 217 Å². The van der Waals surface area contributed by atoms with Gasteiger partial charge in [-0.15, -0.1) is 11.3 Å². The van der Waals surface area contributed by atoms with Crippen LogP contribution in [0.1, 0.15) is 51.4 Å². The van der Waals surface area contributed by atoms with E-state index in [2.05, 4.69) is 78.2 Å². The SMILES string of the molecule is CCN1CCc2c(sc3c2CN(C(=O)Nc2ccc(C)cc2)[C@@H](c2ccc(C)cc2)c2cccn2-3)C1. The predicted octanol–water partition coefficient (Wildman–Crippen LogP) is 6.67. The topological polar surface area (TPSA) is 40.5 Å². The third kappa shape index (κ3) is 4.04. The second-order valence-corrected chi connectivity index (χ2v) is 11.0. The third-order valence-corrected chi connectivity index (χ3v) is 8.81. The van der Waals surface area contributed by atoms with Crippen LogP contribution < -0.4 is 5.32 Å². The molecule has 0 aliphatic carbocycles. The normalized spacial score (nSPS) is 17.2. The number of rotatable bonds is 3. The molecule has 184 valence electrons. The van der Waals surface area contributed by atoms with Crippen molar-refractivity contribution < 1.29 is 4.79 Å². The smallest absolute Gasteiger partial charge is 0.310 e. The van der Waals surface area contributed by atoms with Gasteiger partial charge in [0, 0.05) is 35.4 Å². The molecule has 1 atom stereocenters. The number of nitrogens with one attached hydrogen (secondary N) is 1. The number of carbonyl (C=O) groups is 1. The highest BCUT2D eigenvalue weighted by Crippen LogP contribution is 2.43. The number of carbonyl (C=O) groups excluding carboxylic acids is 1. The summed E-state index contributed by atoms with van der Waals surface area (Å²) in [7, 11) is 0. The molecule has 0 bridgehead atoms. The first-order valence-electron chi connectivity index (χ1n) is 12.8. The van der Waals surface area contributed by atoms with Gasteiger partial charge < -0.3 is 14.8 Å². The molecule has 0 spiro atoms. The summed E-state index contributed by atoms with van der Waals surface area (Å²) in [5.41, 5.74) is 8.21. The Bertz CT molecular complexity index is 1400. The van der Waals surface area contributed by atoms with Crippen LogP contribution in [-0.4, -0.2) is 33.5 Å². The zero-order valence-corrected chi connectivity index (χ0v) is 21.9. The number of likely N-dealkylation sites (N-methyl/N-ethyl adjacent to an activating group) is 1. The van der Waals surface area contributed by atoms with Crippen molar-refractivity contribution in [3.05, 3.63) is 105 Å². The van der Waals surface area contributed by atoms with Crippen molar-refractivity contribution in [2.45, 2.75) is 46.3 Å². The molecule has 4 aromatic rings. The molecular weight excluding hydrogens is 464 g/mol. The van der Waals surface area contributed by atoms with Crippen LogP contribution in [0, 0.1) is 13.8 Å². The Morgan fingerprint density at radius 3 is 2.42 bits per heavy atom. The number of urea groups is 1. The van der Waals surface area contributed by atoms with Crippen molar-refractivity contribution in [3.63, 3.8) is 0 Å². The molecule has 2 amide bonds. The molecule has 2 aromatic heterocycles. The zero-order valence-electron chi connectivity index (χ0n) is 21.1. The predicted molar refractivity (Wildman–Crippen MR) is 147 cm³/mol. The lowest BCUT2D eigenvalue weighted by molar-refractivity contribution is 0.194. The summed E-state index contributed by atoms with van der Waals surface area (Å²) in [5.74, 6) is 0. The number of hydrogen-bond donors (Lipinski definition) is 1. The van der Waals surface area contributed by atoms with E-state index in [-0.39, 0.29) is 12.1 Å². The number of anilines is 1. The Balaban J connectivity index is 1.47. The summed E-state index contributed by atoms with van der Waals surface area (Å²) < 4.78 is 2.33. The lowest BCUT2D eigenvalue weighted by Crippen LogP contribution is -2.38. The highest BCUT2D eigenvalue weighted by Gasteiger charge is 2.36. The minimum Gasteiger partial charge on any atom is -0.310 e. The molecule has 6 heteroatoms. The van der Waals surface area contributed by atoms with E-state index in [9.17, 15) is 4.79 Å². The van der Waals surface area contributed by atoms with Crippen LogP contribution in [-0.2, 0) is 19.5 Å². The molecule has 1 N–H and O–H groups in total. The highest BCUT2D eigenvalue weighted by atomic mass is 32.1. The number of thiophene rings is 1. The summed E-state index contributed by atoms with van der Waals surface area (Å²) in [4.78, 5) is 20.0. The van der Waals surface area contributed by atoms with Gasteiger partial charge in [0.05, 0.1) is 18.3 Å². The maximum Gasteiger partial charge on any atom is 0.322 e. The number of hydrogen-bond acceptors (Lipinski definition) is 3. The molecule has 2 aliphatic heterocycles. The molecule has 6 rings (SSSR count). The number of nitrogens with zero attached hydrogens (tertiary/aromatic N) is 3. The van der Waals surface area contributed by atoms with E-state index in [1.54, 1.807) is 0 Å². The van der Waals surface area contributed by atoms with Crippen molar-refractivity contribution in [1.82, 2.24) is 14.4 Å². The fraction of sp³-hybridized carbons (Fsp3) is 0.300. The molecule has 2 aliphatic rings. The molecule has 2 aromatic carbocycles. The van der Waals surface area contributed by atoms with Gasteiger partial charge in [-0.3, -0.25) is 4.90 Å². The summed E-state index contributed by atoms with van der Waals surface area (Å²) in [5, 5.41) is 4.46. The van der Waals surface area contributed by atoms with Crippen molar-refractivity contribution in [1.29, 1.82) is 0 Å². The van der Waals surface area contributed by atoms with E-state index in [0.29, 0.717) is 6.54 Å². The number of fused-ring (bicyclic) bond motifs is 5. The largest absolute Gasteiger partial charge is 0.322 e. The van der Waals surface area contributed by atoms with Gasteiger partial charge >= 0.3 is 6.03 Å². The van der Waals surface area contributed by atoms with Crippen LogP contribution in [0.5, 0.6) is 0 Å². The van der Waals surface area contributed by atoms with Crippen LogP contribution in [0.2, 0.25) is 0 Å². The van der Waals surface area contributed by atoms with E-state index in [1.165, 1.54) is 32.1 Å². The van der Waals surface area contributed by atoms with Gasteiger partial charge in [0.25, 0.3) is 0 Å². The average molecular weight is 497 g/mol. The first kappa shape index (κ1) is 23.1. The van der Waals surface area contributed by atoms with E-state index in [1.807, 2.05) is 40.5 Å². The van der Waals surface area contributed by atoms with Crippen LogP contribution in [0.4, 0.5) is 10.5 Å². The number of aromatic nitrogens is 1. The Hall–Kier alpha value is -3.35. The van der Waals surface area contributed by atoms with Crippen molar-refractivity contribution in [2.75, 3.05) is 18.4 Å². The lowest BCUT2D eigenvalue weighted by atomic mass is 9.99. The molecular formula is C30H32N4OS. The van der Waals surface area contributed by atoms with E-state index in [4.69, 9.17) is 0 Å². The first-order chi connectivity index (χ1) is 17.5. The van der Waals surface area contributed by atoms with E-state index < -0.39 is 0 Å². The summed E-state index contributed by atoms with van der Waals surface area (Å²) in [6.07, 6.45) is 3.20. The Kier molecular flexibility index (Phi) is 5.94. The zero-order chi connectivity index (χ0) is 24.8. The summed E-state index contributed by atoms with van der Waals surface area (Å²) in [6, 6.07) is 20.7. The van der Waals surface area contributed by atoms with Crippen molar-refractivity contribution >= 4 is 23.1 Å². The molecule has 0 saturated heterocycles. The van der Waals surface area contributed by atoms with Gasteiger partial charge in [-0.1, -0.05) is 54.4 Å². The van der Waals surface area contributed by atoms with Gasteiger partial charge in [0.1, 0.15) is 5.00 Å². The first-order valence-corrected chi connectivity index (χ1v) is 13.6. The third-order valence-electron chi connectivity index (χ3n) is 7.55. The monoisotopic (exact) mass is 496 g/mol. The Morgan fingerprint density at radius 1 is 0.972 bits per heavy atom. The van der Waals surface area contributed by atoms with Gasteiger partial charge in [0.15, 0.2) is 0 Å². The molecule has 0 saturated carbocycles. The van der Waals surface area contributed by atoms with Crippen LogP contribution in [0.3, 0.4) is 0 Å². The number of aryl methyl sites for hydroxylation is 2.